The molecule has 0 fully saturated rings. The van der Waals surface area contributed by atoms with Crippen molar-refractivity contribution in [2.75, 3.05) is 26.4 Å². The van der Waals surface area contributed by atoms with Gasteiger partial charge < -0.3 is 24.2 Å². The molecule has 0 radical (unpaired) electrons. The number of carbonyl (C=O) groups excluding carboxylic acids is 3. The smallest absolute Gasteiger partial charge is 0.462 e. The summed E-state index contributed by atoms with van der Waals surface area (Å²) in [5.74, 6) is -1.57. The molecular formula is C60H103O11P. The highest BCUT2D eigenvalue weighted by Gasteiger charge is 2.28. The molecule has 0 bridgehead atoms. The zero-order chi connectivity index (χ0) is 52.7. The lowest BCUT2D eigenvalue weighted by molar-refractivity contribution is -0.161. The summed E-state index contributed by atoms with van der Waals surface area (Å²) in [5.41, 5.74) is 0. The zero-order valence-electron chi connectivity index (χ0n) is 45.6. The van der Waals surface area contributed by atoms with Crippen molar-refractivity contribution in [3.8, 4) is 0 Å². The zero-order valence-corrected chi connectivity index (χ0v) is 46.5. The van der Waals surface area contributed by atoms with Crippen LogP contribution in [0.2, 0.25) is 0 Å². The number of aliphatic hydroxyl groups excluding tert-OH is 1. The normalized spacial score (nSPS) is 14.0. The summed E-state index contributed by atoms with van der Waals surface area (Å²) in [5, 5.41) is 9.79. The third kappa shape index (κ3) is 51.6. The van der Waals surface area contributed by atoms with Crippen LogP contribution < -0.4 is 0 Å². The first-order valence-electron chi connectivity index (χ1n) is 28.5. The van der Waals surface area contributed by atoms with Crippen molar-refractivity contribution in [1.82, 2.24) is 0 Å². The first kappa shape index (κ1) is 68.7. The lowest BCUT2D eigenvalue weighted by Crippen LogP contribution is -2.30. The number of rotatable bonds is 52. The summed E-state index contributed by atoms with van der Waals surface area (Å²) in [7, 11) is -4.76. The van der Waals surface area contributed by atoms with E-state index in [9.17, 15) is 28.9 Å². The topological polar surface area (TPSA) is 155 Å². The second-order valence-electron chi connectivity index (χ2n) is 18.7. The van der Waals surface area contributed by atoms with Crippen molar-refractivity contribution in [2.45, 2.75) is 251 Å². The third-order valence-corrected chi connectivity index (χ3v) is 12.8. The van der Waals surface area contributed by atoms with Crippen LogP contribution in [0.15, 0.2) is 85.1 Å². The van der Waals surface area contributed by atoms with Crippen LogP contribution in [0, 0.1) is 0 Å². The molecule has 3 atom stereocenters. The van der Waals surface area contributed by atoms with E-state index in [4.69, 9.17) is 23.3 Å². The molecule has 0 amide bonds. The standard InChI is InChI=1S/C60H103O11P/c1-4-7-10-13-16-19-22-24-26-27-28-29-31-32-35-37-40-43-46-49-58(62)67-53-57(71-60(64)51-48-45-42-39-36-33-30-25-23-20-17-14-11-8-5-2)55-69-72(65,66)68-54-56(52-61)70-59(63)50-47-44-41-38-34-21-18-15-12-9-6-3/h7,10,16,19,24-26,28-30,32,35,40,43,56-57,61H,4-6,8-9,11-15,17-18,20-23,27,31,33-34,36-39,41-42,44-55H2,1-3H3,(H,65,66)/b10-7-,19-16-,26-24-,29-28-,30-25-,35-32-,43-40-. The van der Waals surface area contributed by atoms with Crippen molar-refractivity contribution < 1.29 is 52.2 Å². The molecule has 0 saturated carbocycles. The van der Waals surface area contributed by atoms with Crippen LogP contribution in [0.25, 0.3) is 0 Å². The van der Waals surface area contributed by atoms with E-state index in [1.807, 2.05) is 12.2 Å². The fraction of sp³-hybridized carbons (Fsp3) is 0.717. The predicted octanol–water partition coefficient (Wildman–Crippen LogP) is 16.7. The van der Waals surface area contributed by atoms with Gasteiger partial charge in [-0.3, -0.25) is 23.4 Å². The lowest BCUT2D eigenvalue weighted by atomic mass is 10.1. The largest absolute Gasteiger partial charge is 0.472 e. The predicted molar refractivity (Wildman–Crippen MR) is 298 cm³/mol. The van der Waals surface area contributed by atoms with Gasteiger partial charge in [0.25, 0.3) is 0 Å². The number of phosphoric acid groups is 1. The number of allylic oxidation sites excluding steroid dienone is 14. The number of aliphatic hydroxyl groups is 1. The molecule has 12 heteroatoms. The van der Waals surface area contributed by atoms with Gasteiger partial charge in [0, 0.05) is 19.3 Å². The fourth-order valence-electron chi connectivity index (χ4n) is 7.49. The quantitative estimate of drug-likeness (QED) is 0.0197. The third-order valence-electron chi connectivity index (χ3n) is 11.8. The summed E-state index contributed by atoms with van der Waals surface area (Å²) < 4.78 is 39.4. The van der Waals surface area contributed by atoms with Crippen molar-refractivity contribution in [1.29, 1.82) is 0 Å². The van der Waals surface area contributed by atoms with E-state index in [1.54, 1.807) is 0 Å². The summed E-state index contributed by atoms with van der Waals surface area (Å²) in [6.45, 7) is 4.43. The maximum absolute atomic E-state index is 12.9. The van der Waals surface area contributed by atoms with E-state index in [0.29, 0.717) is 19.3 Å². The number of esters is 3. The monoisotopic (exact) mass is 1030 g/mol. The average Bonchev–Trinajstić information content (AvgIpc) is 3.37. The molecule has 3 unspecified atom stereocenters. The van der Waals surface area contributed by atoms with Gasteiger partial charge in [0.05, 0.1) is 19.8 Å². The SMILES string of the molecule is CC/C=C\C/C=C\C/C=C\C/C=C\C/C=C\C/C=C\CCC(=O)OCC(COP(=O)(O)OCC(CO)OC(=O)CCCCCCCCCCCCC)OC(=O)CCCCCCC/C=C\CCCCCCCC. The van der Waals surface area contributed by atoms with Crippen LogP contribution in [-0.2, 0) is 42.2 Å². The molecule has 0 rings (SSSR count). The van der Waals surface area contributed by atoms with Crippen molar-refractivity contribution >= 4 is 25.7 Å². The highest BCUT2D eigenvalue weighted by Crippen LogP contribution is 2.43. The van der Waals surface area contributed by atoms with E-state index in [-0.39, 0.29) is 25.9 Å². The molecule has 0 aromatic carbocycles. The van der Waals surface area contributed by atoms with Gasteiger partial charge in [0.15, 0.2) is 6.10 Å². The van der Waals surface area contributed by atoms with E-state index in [1.165, 1.54) is 83.5 Å². The minimum atomic E-state index is -4.76. The molecule has 0 aromatic heterocycles. The Labute approximate surface area is 439 Å². The van der Waals surface area contributed by atoms with Gasteiger partial charge in [0.1, 0.15) is 12.7 Å². The number of ether oxygens (including phenoxy) is 3. The molecule has 11 nitrogen and oxygen atoms in total. The van der Waals surface area contributed by atoms with Gasteiger partial charge in [-0.25, -0.2) is 4.57 Å². The number of hydrogen-bond acceptors (Lipinski definition) is 10. The summed E-state index contributed by atoms with van der Waals surface area (Å²) in [4.78, 5) is 48.4. The summed E-state index contributed by atoms with van der Waals surface area (Å²) >= 11 is 0. The van der Waals surface area contributed by atoms with E-state index in [0.717, 1.165) is 96.3 Å². The highest BCUT2D eigenvalue weighted by atomic mass is 31.2. The van der Waals surface area contributed by atoms with E-state index >= 15 is 0 Å². The molecule has 414 valence electrons. The maximum Gasteiger partial charge on any atom is 0.472 e. The molecule has 0 aliphatic rings. The Hall–Kier alpha value is -3.34. The highest BCUT2D eigenvalue weighted by molar-refractivity contribution is 7.47. The van der Waals surface area contributed by atoms with Gasteiger partial charge >= 0.3 is 25.7 Å². The Morgan fingerprint density at radius 2 is 0.750 bits per heavy atom. The number of unbranched alkanes of at least 4 members (excludes halogenated alkanes) is 21. The molecule has 0 aromatic rings. The molecule has 0 saturated heterocycles. The second-order valence-corrected chi connectivity index (χ2v) is 20.2. The Bertz CT molecular complexity index is 1530. The van der Waals surface area contributed by atoms with E-state index in [2.05, 4.69) is 93.7 Å². The van der Waals surface area contributed by atoms with Gasteiger partial charge in [-0.05, 0) is 83.5 Å². The van der Waals surface area contributed by atoms with Crippen molar-refractivity contribution in [3.05, 3.63) is 85.1 Å². The Balaban J connectivity index is 4.85. The minimum Gasteiger partial charge on any atom is -0.462 e. The van der Waals surface area contributed by atoms with Crippen LogP contribution in [0.3, 0.4) is 0 Å². The van der Waals surface area contributed by atoms with Crippen LogP contribution in [-0.4, -0.2) is 66.5 Å². The average molecular weight is 1030 g/mol. The van der Waals surface area contributed by atoms with Gasteiger partial charge in [-0.2, -0.15) is 0 Å². The minimum absolute atomic E-state index is 0.0979. The Kier molecular flexibility index (Phi) is 51.4. The van der Waals surface area contributed by atoms with Gasteiger partial charge in [-0.15, -0.1) is 0 Å². The van der Waals surface area contributed by atoms with Crippen LogP contribution in [0.5, 0.6) is 0 Å². The second kappa shape index (κ2) is 53.9. The molecule has 0 heterocycles. The van der Waals surface area contributed by atoms with Crippen LogP contribution >= 0.6 is 7.82 Å². The molecular weight excluding hydrogens is 928 g/mol. The fourth-order valence-corrected chi connectivity index (χ4v) is 8.28. The van der Waals surface area contributed by atoms with Crippen molar-refractivity contribution in [3.63, 3.8) is 0 Å². The maximum atomic E-state index is 12.9. The van der Waals surface area contributed by atoms with Gasteiger partial charge in [-0.1, -0.05) is 221 Å². The Morgan fingerprint density at radius 1 is 0.403 bits per heavy atom. The first-order valence-corrected chi connectivity index (χ1v) is 30.0. The summed E-state index contributed by atoms with van der Waals surface area (Å²) in [6.07, 6.45) is 61.3. The molecule has 0 aliphatic heterocycles. The lowest BCUT2D eigenvalue weighted by Gasteiger charge is -2.21. The molecule has 0 aliphatic carbocycles. The molecule has 0 spiro atoms. The van der Waals surface area contributed by atoms with Crippen molar-refractivity contribution in [2.24, 2.45) is 0 Å². The number of carbonyl (C=O) groups is 3. The molecule has 2 N–H and O–H groups in total. The summed E-state index contributed by atoms with van der Waals surface area (Å²) in [6, 6.07) is 0. The number of hydrogen-bond donors (Lipinski definition) is 2. The number of phosphoric ester groups is 1. The van der Waals surface area contributed by atoms with Gasteiger partial charge in [0.2, 0.25) is 0 Å². The first-order chi connectivity index (χ1) is 35.2. The Morgan fingerprint density at radius 3 is 1.17 bits per heavy atom. The van der Waals surface area contributed by atoms with Crippen LogP contribution in [0.1, 0.15) is 239 Å². The molecule has 72 heavy (non-hydrogen) atoms. The van der Waals surface area contributed by atoms with E-state index < -0.39 is 57.8 Å². The van der Waals surface area contributed by atoms with Crippen LogP contribution in [0.4, 0.5) is 0 Å².